The van der Waals surface area contributed by atoms with E-state index in [1.807, 2.05) is 0 Å². The van der Waals surface area contributed by atoms with E-state index in [1.54, 1.807) is 0 Å². The van der Waals surface area contributed by atoms with Gasteiger partial charge in [0.15, 0.2) is 0 Å². The van der Waals surface area contributed by atoms with Gasteiger partial charge in [-0.3, -0.25) is 0 Å². The van der Waals surface area contributed by atoms with Gasteiger partial charge in [-0.25, -0.2) is 0 Å². The SMILES string of the molecule is CCCc1ccc(C(N)CN2CCCC(C)(C)C2)cc1. The zero-order valence-electron chi connectivity index (χ0n) is 13.4. The van der Waals surface area contributed by atoms with Crippen molar-refractivity contribution in [2.24, 2.45) is 11.1 Å². The number of nitrogens with two attached hydrogens (primary N) is 1. The Morgan fingerprint density at radius 3 is 2.55 bits per heavy atom. The molecule has 112 valence electrons. The summed E-state index contributed by atoms with van der Waals surface area (Å²) in [5.74, 6) is 0. The Balaban J connectivity index is 1.92. The van der Waals surface area contributed by atoms with Crippen molar-refractivity contribution < 1.29 is 0 Å². The molecule has 0 amide bonds. The lowest BCUT2D eigenvalue weighted by atomic mass is 9.84. The number of piperidine rings is 1. The number of hydrogen-bond donors (Lipinski definition) is 1. The highest BCUT2D eigenvalue weighted by atomic mass is 15.1. The minimum absolute atomic E-state index is 0.138. The first-order valence-corrected chi connectivity index (χ1v) is 8.07. The summed E-state index contributed by atoms with van der Waals surface area (Å²) in [5, 5.41) is 0. The van der Waals surface area contributed by atoms with Gasteiger partial charge < -0.3 is 10.6 Å². The normalized spacial score (nSPS) is 20.8. The van der Waals surface area contributed by atoms with Gasteiger partial charge in [-0.2, -0.15) is 0 Å². The van der Waals surface area contributed by atoms with E-state index in [2.05, 4.69) is 49.9 Å². The molecule has 0 saturated carbocycles. The molecule has 0 aromatic heterocycles. The summed E-state index contributed by atoms with van der Waals surface area (Å²) >= 11 is 0. The van der Waals surface area contributed by atoms with Crippen LogP contribution in [-0.4, -0.2) is 24.5 Å². The van der Waals surface area contributed by atoms with E-state index in [1.165, 1.54) is 43.5 Å². The molecule has 20 heavy (non-hydrogen) atoms. The maximum Gasteiger partial charge on any atom is 0.0424 e. The van der Waals surface area contributed by atoms with Gasteiger partial charge in [0.2, 0.25) is 0 Å². The van der Waals surface area contributed by atoms with Gasteiger partial charge in [-0.15, -0.1) is 0 Å². The van der Waals surface area contributed by atoms with E-state index in [4.69, 9.17) is 5.73 Å². The van der Waals surface area contributed by atoms with Crippen molar-refractivity contribution in [2.75, 3.05) is 19.6 Å². The molecule has 2 N–H and O–H groups in total. The summed E-state index contributed by atoms with van der Waals surface area (Å²) in [6, 6.07) is 9.03. The van der Waals surface area contributed by atoms with Crippen LogP contribution in [0.15, 0.2) is 24.3 Å². The molecule has 2 rings (SSSR count). The fourth-order valence-corrected chi connectivity index (χ4v) is 3.30. The van der Waals surface area contributed by atoms with Crippen molar-refractivity contribution in [3.8, 4) is 0 Å². The van der Waals surface area contributed by atoms with Gasteiger partial charge in [-0.05, 0) is 42.3 Å². The van der Waals surface area contributed by atoms with E-state index in [0.29, 0.717) is 5.41 Å². The second kappa shape index (κ2) is 6.73. The summed E-state index contributed by atoms with van der Waals surface area (Å²) in [6.45, 7) is 10.3. The maximum absolute atomic E-state index is 6.40. The Bertz CT molecular complexity index is 408. The molecule has 0 bridgehead atoms. The first-order valence-electron chi connectivity index (χ1n) is 8.07. The highest BCUT2D eigenvalue weighted by Crippen LogP contribution is 2.29. The highest BCUT2D eigenvalue weighted by molar-refractivity contribution is 5.25. The van der Waals surface area contributed by atoms with Crippen LogP contribution in [0.4, 0.5) is 0 Å². The topological polar surface area (TPSA) is 29.3 Å². The van der Waals surface area contributed by atoms with Crippen LogP contribution in [0.25, 0.3) is 0 Å². The van der Waals surface area contributed by atoms with Crippen molar-refractivity contribution in [1.29, 1.82) is 0 Å². The predicted molar refractivity (Wildman–Crippen MR) is 86.8 cm³/mol. The number of nitrogens with zero attached hydrogens (tertiary/aromatic N) is 1. The average Bonchev–Trinajstić information content (AvgIpc) is 2.38. The first-order chi connectivity index (χ1) is 9.50. The van der Waals surface area contributed by atoms with E-state index >= 15 is 0 Å². The monoisotopic (exact) mass is 274 g/mol. The third-order valence-electron chi connectivity index (χ3n) is 4.38. The van der Waals surface area contributed by atoms with Crippen molar-refractivity contribution in [3.05, 3.63) is 35.4 Å². The Hall–Kier alpha value is -0.860. The predicted octanol–water partition coefficient (Wildman–Crippen LogP) is 3.76. The standard InChI is InChI=1S/C18H30N2/c1-4-6-15-7-9-16(10-8-15)17(19)13-20-12-5-11-18(2,3)14-20/h7-10,17H,4-6,11-14,19H2,1-3H3. The van der Waals surface area contributed by atoms with E-state index in [9.17, 15) is 0 Å². The number of likely N-dealkylation sites (tertiary alicyclic amines) is 1. The lowest BCUT2D eigenvalue weighted by molar-refractivity contribution is 0.112. The molecule has 2 nitrogen and oxygen atoms in total. The van der Waals surface area contributed by atoms with E-state index in [0.717, 1.165) is 13.0 Å². The largest absolute Gasteiger partial charge is 0.323 e. The van der Waals surface area contributed by atoms with E-state index in [-0.39, 0.29) is 6.04 Å². The lowest BCUT2D eigenvalue weighted by Crippen LogP contribution is -2.43. The Kier molecular flexibility index (Phi) is 5.22. The quantitative estimate of drug-likeness (QED) is 0.886. The molecule has 1 aromatic carbocycles. The van der Waals surface area contributed by atoms with Gasteiger partial charge in [0.05, 0.1) is 0 Å². The molecule has 1 saturated heterocycles. The molecule has 1 aromatic rings. The fraction of sp³-hybridized carbons (Fsp3) is 0.667. The van der Waals surface area contributed by atoms with Gasteiger partial charge in [0.1, 0.15) is 0 Å². The summed E-state index contributed by atoms with van der Waals surface area (Å²) in [7, 11) is 0. The Labute approximate surface area is 124 Å². The maximum atomic E-state index is 6.40. The fourth-order valence-electron chi connectivity index (χ4n) is 3.30. The highest BCUT2D eigenvalue weighted by Gasteiger charge is 2.27. The molecule has 1 unspecified atom stereocenters. The molecule has 0 aliphatic carbocycles. The first kappa shape index (κ1) is 15.5. The van der Waals surface area contributed by atoms with Crippen LogP contribution >= 0.6 is 0 Å². The van der Waals surface area contributed by atoms with E-state index < -0.39 is 0 Å². The van der Waals surface area contributed by atoms with Crippen molar-refractivity contribution in [3.63, 3.8) is 0 Å². The molecule has 1 heterocycles. The van der Waals surface area contributed by atoms with Gasteiger partial charge in [0.25, 0.3) is 0 Å². The van der Waals surface area contributed by atoms with Crippen LogP contribution < -0.4 is 5.73 Å². The average molecular weight is 274 g/mol. The second-order valence-electron chi connectivity index (χ2n) is 7.10. The zero-order valence-corrected chi connectivity index (χ0v) is 13.4. The third-order valence-corrected chi connectivity index (χ3v) is 4.38. The third kappa shape index (κ3) is 4.32. The van der Waals surface area contributed by atoms with Crippen molar-refractivity contribution >= 4 is 0 Å². The molecular formula is C18H30N2. The van der Waals surface area contributed by atoms with Crippen LogP contribution in [0.3, 0.4) is 0 Å². The molecule has 0 spiro atoms. The number of benzene rings is 1. The van der Waals surface area contributed by atoms with Gasteiger partial charge >= 0.3 is 0 Å². The van der Waals surface area contributed by atoms with Crippen LogP contribution in [0.5, 0.6) is 0 Å². The summed E-state index contributed by atoms with van der Waals surface area (Å²) < 4.78 is 0. The number of aryl methyl sites for hydroxylation is 1. The molecule has 1 fully saturated rings. The minimum atomic E-state index is 0.138. The minimum Gasteiger partial charge on any atom is -0.323 e. The van der Waals surface area contributed by atoms with Gasteiger partial charge in [0, 0.05) is 19.1 Å². The number of rotatable bonds is 5. The molecule has 1 aliphatic rings. The lowest BCUT2D eigenvalue weighted by Gasteiger charge is -2.39. The molecule has 0 radical (unpaired) electrons. The van der Waals surface area contributed by atoms with Crippen molar-refractivity contribution in [2.45, 2.75) is 52.5 Å². The van der Waals surface area contributed by atoms with Crippen LogP contribution in [0.1, 0.15) is 57.2 Å². The number of hydrogen-bond acceptors (Lipinski definition) is 2. The van der Waals surface area contributed by atoms with Crippen LogP contribution in [0, 0.1) is 5.41 Å². The molecule has 2 heteroatoms. The van der Waals surface area contributed by atoms with Crippen molar-refractivity contribution in [1.82, 2.24) is 4.90 Å². The Morgan fingerprint density at radius 2 is 1.95 bits per heavy atom. The second-order valence-corrected chi connectivity index (χ2v) is 7.10. The van der Waals surface area contributed by atoms with Gasteiger partial charge in [-0.1, -0.05) is 51.5 Å². The van der Waals surface area contributed by atoms with Crippen LogP contribution in [-0.2, 0) is 6.42 Å². The smallest absolute Gasteiger partial charge is 0.0424 e. The molecular weight excluding hydrogens is 244 g/mol. The molecule has 1 atom stereocenters. The summed E-state index contributed by atoms with van der Waals surface area (Å²) in [5.41, 5.74) is 9.53. The summed E-state index contributed by atoms with van der Waals surface area (Å²) in [6.07, 6.45) is 5.00. The molecule has 1 aliphatic heterocycles. The zero-order chi connectivity index (χ0) is 14.6. The van der Waals surface area contributed by atoms with Crippen LogP contribution in [0.2, 0.25) is 0 Å². The summed E-state index contributed by atoms with van der Waals surface area (Å²) in [4.78, 5) is 2.54. The Morgan fingerprint density at radius 1 is 1.25 bits per heavy atom.